The number of thioether (sulfide) groups is 2. The molecule has 1 aliphatic heterocycles. The van der Waals surface area contributed by atoms with Crippen molar-refractivity contribution in [1.82, 2.24) is 19.5 Å². The van der Waals surface area contributed by atoms with Gasteiger partial charge in [-0.1, -0.05) is 35.0 Å². The molecule has 44 heavy (non-hydrogen) atoms. The number of phosphoric acid groups is 1. The van der Waals surface area contributed by atoms with E-state index < -0.39 is 76.3 Å². The molecule has 3 rings (SSSR count). The first-order valence-electron chi connectivity index (χ1n) is 11.7. The van der Waals surface area contributed by atoms with E-state index in [0.717, 1.165) is 10.9 Å². The Labute approximate surface area is 264 Å². The summed E-state index contributed by atoms with van der Waals surface area (Å²) in [6, 6.07) is 0. The zero-order chi connectivity index (χ0) is 33.3. The summed E-state index contributed by atoms with van der Waals surface area (Å²) in [6.07, 6.45) is -9.56. The summed E-state index contributed by atoms with van der Waals surface area (Å²) in [4.78, 5) is 56.7. The third-order valence-electron chi connectivity index (χ3n) is 5.50. The van der Waals surface area contributed by atoms with Crippen LogP contribution in [0.25, 0.3) is 11.2 Å². The van der Waals surface area contributed by atoms with Gasteiger partial charge >= 0.3 is 6.18 Å². The van der Waals surface area contributed by atoms with Gasteiger partial charge in [-0.3, -0.25) is 13.4 Å². The quantitative estimate of drug-likeness (QED) is 0.0645. The Balaban J connectivity index is 1.82. The van der Waals surface area contributed by atoms with Crippen molar-refractivity contribution in [3.8, 4) is 0 Å². The Morgan fingerprint density at radius 2 is 1.82 bits per heavy atom. The summed E-state index contributed by atoms with van der Waals surface area (Å²) in [6.45, 7) is -0.816. The Kier molecular flexibility index (Phi) is 12.6. The molecule has 252 valence electrons. The third kappa shape index (κ3) is 9.21. The van der Waals surface area contributed by atoms with Crippen LogP contribution in [0.2, 0.25) is 0 Å². The number of anilines is 1. The van der Waals surface area contributed by atoms with Crippen LogP contribution in [0.3, 0.4) is 0 Å². The summed E-state index contributed by atoms with van der Waals surface area (Å²) >= 11 is 12.3. The molecule has 2 aromatic heterocycles. The zero-order valence-electron chi connectivity index (χ0n) is 21.8. The van der Waals surface area contributed by atoms with Gasteiger partial charge in [0.15, 0.2) is 43.6 Å². The SMILES string of the molecule is CSCCNc1nc(SCCC(F)(F)F)nc2c1ncn2[C@@H]1O[C@H](COP(=O)([O-])OP(=O)([O-])C(Cl)(Cl)P(=O)([O-])O)C(O)[C@@H]1O. The number of alkyl halides is 5. The van der Waals surface area contributed by atoms with Gasteiger partial charge in [0.25, 0.3) is 7.82 Å². The molecule has 1 fully saturated rings. The number of phosphoric ester groups is 1. The van der Waals surface area contributed by atoms with Crippen molar-refractivity contribution in [3.63, 3.8) is 0 Å². The maximum absolute atomic E-state index is 12.7. The van der Waals surface area contributed by atoms with E-state index in [9.17, 15) is 51.8 Å². The minimum atomic E-state index is -6.34. The summed E-state index contributed by atoms with van der Waals surface area (Å²) in [7, 11) is -18.5. The van der Waals surface area contributed by atoms with Gasteiger partial charge in [-0.2, -0.15) is 24.9 Å². The Bertz CT molecular complexity index is 1470. The largest absolute Gasteiger partial charge is 0.776 e. The van der Waals surface area contributed by atoms with Crippen LogP contribution in [0.5, 0.6) is 0 Å². The highest BCUT2D eigenvalue weighted by atomic mass is 35.5. The van der Waals surface area contributed by atoms with Crippen molar-refractivity contribution in [3.05, 3.63) is 6.33 Å². The fourth-order valence-electron chi connectivity index (χ4n) is 3.42. The highest BCUT2D eigenvalue weighted by Gasteiger charge is 2.50. The van der Waals surface area contributed by atoms with E-state index in [1.54, 1.807) is 0 Å². The molecule has 4 unspecified atom stereocenters. The number of halogens is 5. The van der Waals surface area contributed by atoms with Crippen LogP contribution >= 0.6 is 69.7 Å². The number of ether oxygens (including phenoxy) is 1. The number of aliphatic hydroxyl groups excluding tert-OH is 2. The van der Waals surface area contributed by atoms with Crippen LogP contribution in [0, 0.1) is 0 Å². The van der Waals surface area contributed by atoms with E-state index in [2.05, 4.69) is 29.1 Å². The van der Waals surface area contributed by atoms with E-state index in [-0.39, 0.29) is 22.1 Å². The molecule has 1 aliphatic rings. The molecule has 0 aliphatic carbocycles. The first-order chi connectivity index (χ1) is 20.1. The number of fused-ring (bicyclic) bond motifs is 1. The lowest BCUT2D eigenvalue weighted by molar-refractivity contribution is -0.235. The molecule has 27 heteroatoms. The van der Waals surface area contributed by atoms with Crippen molar-refractivity contribution < 1.29 is 70.2 Å². The summed E-state index contributed by atoms with van der Waals surface area (Å²) < 4.78 is 83.7. The van der Waals surface area contributed by atoms with Gasteiger partial charge in [0.2, 0.25) is 3.82 Å². The molecule has 3 heterocycles. The van der Waals surface area contributed by atoms with E-state index in [4.69, 9.17) is 32.8 Å². The Morgan fingerprint density at radius 1 is 1.16 bits per heavy atom. The van der Waals surface area contributed by atoms with Crippen molar-refractivity contribution >= 4 is 86.7 Å². The predicted octanol–water partition coefficient (Wildman–Crippen LogP) is 0.954. The lowest BCUT2D eigenvalue weighted by Gasteiger charge is -2.41. The molecule has 2 aromatic rings. The van der Waals surface area contributed by atoms with E-state index >= 15 is 0 Å². The molecule has 0 spiro atoms. The average Bonchev–Trinajstić information content (AvgIpc) is 3.41. The number of hydrogen-bond acceptors (Lipinski definition) is 17. The standard InChI is InChI=1S/C17H25Cl2F3N5O12P3S2/c1-43-5-3-23-12-9-13(26-15(25-12)44-4-2-16(20,21)22)27(7-24-9)14-11(29)10(28)8(38-14)6-37-42(35,36)39-41(33,34)17(18,19)40(30,31)32/h7-8,10-11,14,28-29H,2-6H2,1H3,(H,33,34)(H,35,36)(H,23,25,26)(H2,30,31,32)/p-3/t8-,10?,11+,14-/m1/s1. The highest BCUT2D eigenvalue weighted by Crippen LogP contribution is 2.75. The average molecular weight is 773 g/mol. The number of nitrogens with zero attached hydrogens (tertiary/aromatic N) is 4. The molecule has 0 saturated carbocycles. The van der Waals surface area contributed by atoms with Crippen LogP contribution < -0.4 is 20.0 Å². The first-order valence-corrected chi connectivity index (χ1v) is 19.4. The topological polar surface area (TPSA) is 264 Å². The molecular weight excluding hydrogens is 751 g/mol. The van der Waals surface area contributed by atoms with E-state index in [1.165, 1.54) is 11.8 Å². The van der Waals surface area contributed by atoms with Crippen LogP contribution in [-0.4, -0.2) is 93.8 Å². The van der Waals surface area contributed by atoms with Gasteiger partial charge in [0.05, 0.1) is 19.4 Å². The summed E-state index contributed by atoms with van der Waals surface area (Å²) in [5.41, 5.74) is 0.0702. The van der Waals surface area contributed by atoms with Crippen molar-refractivity contribution in [2.75, 3.05) is 36.2 Å². The van der Waals surface area contributed by atoms with Crippen molar-refractivity contribution in [2.45, 2.75) is 46.1 Å². The van der Waals surface area contributed by atoms with E-state index in [1.807, 2.05) is 6.26 Å². The third-order valence-corrected chi connectivity index (χ3v) is 14.4. The predicted molar refractivity (Wildman–Crippen MR) is 146 cm³/mol. The second kappa shape index (κ2) is 14.5. The maximum Gasteiger partial charge on any atom is 0.389 e. The normalized spacial score (nSPS) is 25.5. The second-order valence-corrected chi connectivity index (χ2v) is 18.7. The number of nitrogens with one attached hydrogen (secondary N) is 1. The highest BCUT2D eigenvalue weighted by molar-refractivity contribution is 7.99. The minimum absolute atomic E-state index is 0.0456. The fourth-order valence-corrected chi connectivity index (χ4v) is 8.64. The number of rotatable bonds is 15. The van der Waals surface area contributed by atoms with Crippen molar-refractivity contribution in [1.29, 1.82) is 0 Å². The zero-order valence-corrected chi connectivity index (χ0v) is 27.6. The van der Waals surface area contributed by atoms with Crippen molar-refractivity contribution in [2.24, 2.45) is 0 Å². The van der Waals surface area contributed by atoms with Gasteiger partial charge in [0, 0.05) is 18.1 Å². The van der Waals surface area contributed by atoms with Crippen LogP contribution in [0.15, 0.2) is 11.5 Å². The van der Waals surface area contributed by atoms with Gasteiger partial charge in [-0.15, -0.1) is 0 Å². The number of aromatic nitrogens is 4. The second-order valence-electron chi connectivity index (χ2n) is 8.71. The lowest BCUT2D eigenvalue weighted by atomic mass is 10.1. The fraction of sp³-hybridized carbons (Fsp3) is 0.706. The molecule has 0 bridgehead atoms. The summed E-state index contributed by atoms with van der Waals surface area (Å²) in [5.74, 6) is 0.362. The molecule has 0 radical (unpaired) electrons. The molecule has 17 nitrogen and oxygen atoms in total. The Morgan fingerprint density at radius 3 is 2.41 bits per heavy atom. The van der Waals surface area contributed by atoms with Gasteiger partial charge in [0.1, 0.15) is 18.3 Å². The summed E-state index contributed by atoms with van der Waals surface area (Å²) in [5, 5.41) is 24.0. The van der Waals surface area contributed by atoms with E-state index in [0.29, 0.717) is 24.1 Å². The van der Waals surface area contributed by atoms with Gasteiger partial charge < -0.3 is 53.5 Å². The van der Waals surface area contributed by atoms with Crippen LogP contribution in [0.1, 0.15) is 12.6 Å². The first kappa shape index (κ1) is 38.2. The Hall–Kier alpha value is -0.250. The van der Waals surface area contributed by atoms with Crippen LogP contribution in [0.4, 0.5) is 19.0 Å². The number of imidazole rings is 1. The molecule has 7 atom stereocenters. The van der Waals surface area contributed by atoms with Crippen LogP contribution in [-0.2, 0) is 27.3 Å². The minimum Gasteiger partial charge on any atom is -0.776 e. The molecule has 0 amide bonds. The lowest BCUT2D eigenvalue weighted by Crippen LogP contribution is -2.34. The van der Waals surface area contributed by atoms with Gasteiger partial charge in [-0.05, 0) is 6.26 Å². The molecule has 4 N–H and O–H groups in total. The smallest absolute Gasteiger partial charge is 0.389 e. The molecule has 1 saturated heterocycles. The molecular formula is C17H22Cl2F3N5O12P3S2-3. The monoisotopic (exact) mass is 772 g/mol. The maximum atomic E-state index is 12.7. The van der Waals surface area contributed by atoms with Gasteiger partial charge in [-0.25, -0.2) is 15.0 Å². The number of hydrogen-bond donors (Lipinski definition) is 4. The number of aliphatic hydroxyl groups is 2. The molecule has 0 aromatic carbocycles.